The molecule has 2 rings (SSSR count). The maximum absolute atomic E-state index is 11.9. The quantitative estimate of drug-likeness (QED) is 0.855. The second kappa shape index (κ2) is 5.71. The molecule has 0 spiro atoms. The van der Waals surface area contributed by atoms with E-state index in [1.54, 1.807) is 24.1 Å². The largest absolute Gasteiger partial charge is 0.311 e. The minimum Gasteiger partial charge on any atom is -0.311 e. The van der Waals surface area contributed by atoms with E-state index < -0.39 is 0 Å². The Kier molecular flexibility index (Phi) is 4.24. The highest BCUT2D eigenvalue weighted by Crippen LogP contribution is 2.28. The number of pyridine rings is 1. The Bertz CT molecular complexity index is 481. The van der Waals surface area contributed by atoms with Crippen molar-refractivity contribution in [1.29, 1.82) is 0 Å². The summed E-state index contributed by atoms with van der Waals surface area (Å²) in [5, 5.41) is 0.604. The van der Waals surface area contributed by atoms with E-state index in [1.807, 2.05) is 0 Å². The molecule has 4 nitrogen and oxygen atoms in total. The molecule has 18 heavy (non-hydrogen) atoms. The molecule has 1 fully saturated rings. The molecule has 0 bridgehead atoms. The van der Waals surface area contributed by atoms with Crippen molar-refractivity contribution in [3.8, 4) is 0 Å². The van der Waals surface area contributed by atoms with Crippen LogP contribution >= 0.6 is 23.4 Å². The van der Waals surface area contributed by atoms with Gasteiger partial charge in [0.15, 0.2) is 5.12 Å². The Morgan fingerprint density at radius 2 is 2.39 bits per heavy atom. The Hall–Kier alpha value is -1.07. The number of anilines is 1. The van der Waals surface area contributed by atoms with Crippen LogP contribution in [0.1, 0.15) is 13.3 Å². The van der Waals surface area contributed by atoms with Crippen LogP contribution in [-0.4, -0.2) is 28.3 Å². The van der Waals surface area contributed by atoms with Crippen molar-refractivity contribution in [3.05, 3.63) is 23.5 Å². The summed E-state index contributed by atoms with van der Waals surface area (Å²) in [6.45, 7) is 2.17. The highest BCUT2D eigenvalue weighted by molar-refractivity contribution is 8.13. The topological polar surface area (TPSA) is 50.3 Å². The number of carbonyl (C=O) groups is 2. The van der Waals surface area contributed by atoms with Gasteiger partial charge in [-0.05, 0) is 12.0 Å². The molecule has 1 aromatic heterocycles. The highest BCUT2D eigenvalue weighted by Gasteiger charge is 2.30. The van der Waals surface area contributed by atoms with Crippen LogP contribution in [0.5, 0.6) is 0 Å². The number of thioether (sulfide) groups is 1. The zero-order valence-electron chi connectivity index (χ0n) is 9.93. The Balaban J connectivity index is 2.03. The molecule has 1 unspecified atom stereocenters. The van der Waals surface area contributed by atoms with Crippen LogP contribution in [0.3, 0.4) is 0 Å². The normalized spacial score (nSPS) is 19.3. The van der Waals surface area contributed by atoms with Crippen LogP contribution in [0.25, 0.3) is 0 Å². The summed E-state index contributed by atoms with van der Waals surface area (Å²) in [4.78, 5) is 28.5. The number of carbonyl (C=O) groups excluding carboxylic acids is 2. The van der Waals surface area contributed by atoms with Gasteiger partial charge in [-0.15, -0.1) is 0 Å². The third-order valence-electron chi connectivity index (χ3n) is 2.73. The first-order valence-corrected chi connectivity index (χ1v) is 6.97. The Morgan fingerprint density at radius 3 is 3.06 bits per heavy atom. The minimum absolute atomic E-state index is 0.0632. The maximum atomic E-state index is 11.9. The van der Waals surface area contributed by atoms with E-state index in [2.05, 4.69) is 4.98 Å². The second-order valence-corrected chi connectivity index (χ2v) is 5.87. The van der Waals surface area contributed by atoms with Crippen molar-refractivity contribution in [2.75, 3.05) is 17.2 Å². The number of amides is 1. The maximum Gasteiger partial charge on any atom is 0.227 e. The molecule has 1 saturated heterocycles. The van der Waals surface area contributed by atoms with Crippen molar-refractivity contribution in [2.45, 2.75) is 13.3 Å². The van der Waals surface area contributed by atoms with Gasteiger partial charge in [0.05, 0.1) is 16.9 Å². The summed E-state index contributed by atoms with van der Waals surface area (Å²) < 4.78 is 0. The van der Waals surface area contributed by atoms with E-state index >= 15 is 0 Å². The summed E-state index contributed by atoms with van der Waals surface area (Å²) in [5.41, 5.74) is 0.725. The first kappa shape index (κ1) is 13.4. The van der Waals surface area contributed by atoms with Crippen LogP contribution < -0.4 is 4.90 Å². The number of hydrogen-bond acceptors (Lipinski definition) is 4. The standard InChI is InChI=1S/C12H13ClN2O2S/c1-8(16)18-7-9-2-12(17)15(6-9)11-3-10(13)4-14-5-11/h3-5,9H,2,6-7H2,1H3. The van der Waals surface area contributed by atoms with Gasteiger partial charge in [0.2, 0.25) is 5.91 Å². The molecule has 0 aliphatic carbocycles. The molecule has 1 atom stereocenters. The first-order valence-electron chi connectivity index (χ1n) is 5.60. The van der Waals surface area contributed by atoms with Gasteiger partial charge in [0, 0.05) is 31.8 Å². The Morgan fingerprint density at radius 1 is 1.61 bits per heavy atom. The summed E-state index contributed by atoms with van der Waals surface area (Å²) in [6.07, 6.45) is 3.64. The second-order valence-electron chi connectivity index (χ2n) is 4.24. The van der Waals surface area contributed by atoms with E-state index in [9.17, 15) is 9.59 Å². The molecule has 1 amide bonds. The fourth-order valence-electron chi connectivity index (χ4n) is 1.93. The van der Waals surface area contributed by atoms with E-state index in [4.69, 9.17) is 11.6 Å². The zero-order valence-corrected chi connectivity index (χ0v) is 11.5. The average molecular weight is 285 g/mol. The summed E-state index contributed by atoms with van der Waals surface area (Å²) in [5.74, 6) is 0.963. The Labute approximate surface area is 115 Å². The highest BCUT2D eigenvalue weighted by atomic mass is 35.5. The SMILES string of the molecule is CC(=O)SCC1CC(=O)N(c2cncc(Cl)c2)C1. The fourth-order valence-corrected chi connectivity index (χ4v) is 2.79. The van der Waals surface area contributed by atoms with Crippen LogP contribution in [0, 0.1) is 5.92 Å². The third-order valence-corrected chi connectivity index (χ3v) is 3.98. The number of nitrogens with zero attached hydrogens (tertiary/aromatic N) is 2. The minimum atomic E-state index is 0.0632. The first-order chi connectivity index (χ1) is 8.56. The van der Waals surface area contributed by atoms with E-state index in [1.165, 1.54) is 18.0 Å². The van der Waals surface area contributed by atoms with Gasteiger partial charge in [0.25, 0.3) is 0 Å². The van der Waals surface area contributed by atoms with Crippen LogP contribution in [0.4, 0.5) is 5.69 Å². The lowest BCUT2D eigenvalue weighted by molar-refractivity contribution is -0.117. The number of halogens is 1. The van der Waals surface area contributed by atoms with Gasteiger partial charge in [-0.1, -0.05) is 23.4 Å². The molecule has 0 radical (unpaired) electrons. The van der Waals surface area contributed by atoms with Crippen molar-refractivity contribution >= 4 is 40.1 Å². The molecule has 1 aliphatic rings. The van der Waals surface area contributed by atoms with Gasteiger partial charge in [-0.25, -0.2) is 0 Å². The average Bonchev–Trinajstić information content (AvgIpc) is 2.68. The lowest BCUT2D eigenvalue weighted by atomic mass is 10.1. The van der Waals surface area contributed by atoms with Gasteiger partial charge in [-0.3, -0.25) is 14.6 Å². The molecular weight excluding hydrogens is 272 g/mol. The lowest BCUT2D eigenvalue weighted by Crippen LogP contribution is -2.24. The zero-order chi connectivity index (χ0) is 13.1. The van der Waals surface area contributed by atoms with Gasteiger partial charge < -0.3 is 4.90 Å². The fraction of sp³-hybridized carbons (Fsp3) is 0.417. The molecule has 6 heteroatoms. The molecular formula is C12H13ClN2O2S. The number of aromatic nitrogens is 1. The molecule has 0 aromatic carbocycles. The summed E-state index contributed by atoms with van der Waals surface area (Å²) >= 11 is 7.13. The molecule has 1 aromatic rings. The van der Waals surface area contributed by atoms with Gasteiger partial charge in [0.1, 0.15) is 0 Å². The number of rotatable bonds is 3. The van der Waals surface area contributed by atoms with Crippen molar-refractivity contribution in [1.82, 2.24) is 4.98 Å². The van der Waals surface area contributed by atoms with Crippen molar-refractivity contribution in [2.24, 2.45) is 5.92 Å². The predicted octanol–water partition coefficient (Wildman–Crippen LogP) is 2.37. The molecule has 0 saturated carbocycles. The smallest absolute Gasteiger partial charge is 0.227 e. The number of hydrogen-bond donors (Lipinski definition) is 0. The van der Waals surface area contributed by atoms with Gasteiger partial charge in [-0.2, -0.15) is 0 Å². The molecule has 2 heterocycles. The van der Waals surface area contributed by atoms with Gasteiger partial charge >= 0.3 is 0 Å². The molecule has 96 valence electrons. The molecule has 1 aliphatic heterocycles. The van der Waals surface area contributed by atoms with Crippen molar-refractivity contribution in [3.63, 3.8) is 0 Å². The van der Waals surface area contributed by atoms with Crippen molar-refractivity contribution < 1.29 is 9.59 Å². The third kappa shape index (κ3) is 3.23. The molecule has 0 N–H and O–H groups in total. The van der Waals surface area contributed by atoms with Crippen LogP contribution in [0.15, 0.2) is 18.5 Å². The predicted molar refractivity (Wildman–Crippen MR) is 72.8 cm³/mol. The van der Waals surface area contributed by atoms with Crippen LogP contribution in [0.2, 0.25) is 5.02 Å². The van der Waals surface area contributed by atoms with E-state index in [0.717, 1.165) is 5.69 Å². The van der Waals surface area contributed by atoms with Crippen LogP contribution in [-0.2, 0) is 9.59 Å². The van der Waals surface area contributed by atoms with E-state index in [-0.39, 0.29) is 16.9 Å². The van der Waals surface area contributed by atoms with E-state index in [0.29, 0.717) is 23.7 Å². The summed E-state index contributed by atoms with van der Waals surface area (Å²) in [7, 11) is 0. The lowest BCUT2D eigenvalue weighted by Gasteiger charge is -2.16. The summed E-state index contributed by atoms with van der Waals surface area (Å²) in [6, 6.07) is 1.73. The monoisotopic (exact) mass is 284 g/mol.